The molecule has 1 saturated heterocycles. The van der Waals surface area contributed by atoms with E-state index in [9.17, 15) is 9.59 Å². The van der Waals surface area contributed by atoms with E-state index < -0.39 is 5.92 Å². The molecule has 1 aromatic carbocycles. The van der Waals surface area contributed by atoms with Gasteiger partial charge in [-0.2, -0.15) is 0 Å². The molecule has 0 radical (unpaired) electrons. The number of benzene rings is 1. The van der Waals surface area contributed by atoms with Gasteiger partial charge >= 0.3 is 0 Å². The zero-order valence-corrected chi connectivity index (χ0v) is 11.6. The highest BCUT2D eigenvalue weighted by atomic mass is 16.2. The third-order valence-electron chi connectivity index (χ3n) is 3.62. The van der Waals surface area contributed by atoms with E-state index in [4.69, 9.17) is 0 Å². The van der Waals surface area contributed by atoms with Crippen LogP contribution >= 0.6 is 0 Å². The van der Waals surface area contributed by atoms with Crippen molar-refractivity contribution < 1.29 is 9.59 Å². The Morgan fingerprint density at radius 3 is 2.47 bits per heavy atom. The van der Waals surface area contributed by atoms with Gasteiger partial charge in [-0.15, -0.1) is 0 Å². The molecule has 0 saturated carbocycles. The molecule has 0 bridgehead atoms. The molecule has 1 aliphatic heterocycles. The summed E-state index contributed by atoms with van der Waals surface area (Å²) >= 11 is 0. The van der Waals surface area contributed by atoms with Crippen LogP contribution in [0, 0.1) is 17.3 Å². The van der Waals surface area contributed by atoms with Gasteiger partial charge in [0.05, 0.1) is 0 Å². The molecule has 102 valence electrons. The van der Waals surface area contributed by atoms with Crippen molar-refractivity contribution in [1.82, 2.24) is 5.32 Å². The van der Waals surface area contributed by atoms with Crippen molar-refractivity contribution in [1.29, 1.82) is 0 Å². The molecule has 2 atom stereocenters. The first-order valence-corrected chi connectivity index (χ1v) is 6.53. The molecule has 0 aromatic heterocycles. The fraction of sp³-hybridized carbons (Fsp3) is 0.467. The van der Waals surface area contributed by atoms with E-state index in [1.165, 1.54) is 0 Å². The predicted octanol–water partition coefficient (Wildman–Crippen LogP) is 2.03. The van der Waals surface area contributed by atoms with Gasteiger partial charge in [-0.3, -0.25) is 9.59 Å². The van der Waals surface area contributed by atoms with Gasteiger partial charge in [0.25, 0.3) is 0 Å². The molecule has 0 aliphatic carbocycles. The smallest absolute Gasteiger partial charge is 0.237 e. The molecule has 4 heteroatoms. The van der Waals surface area contributed by atoms with Gasteiger partial charge in [-0.25, -0.2) is 0 Å². The number of amides is 2. The van der Waals surface area contributed by atoms with Gasteiger partial charge in [0, 0.05) is 18.2 Å². The number of nitrogens with one attached hydrogen (secondary N) is 2. The zero-order chi connectivity index (χ0) is 14.0. The van der Waals surface area contributed by atoms with Crippen molar-refractivity contribution in [3.63, 3.8) is 0 Å². The quantitative estimate of drug-likeness (QED) is 0.799. The summed E-state index contributed by atoms with van der Waals surface area (Å²) in [6.07, 6.45) is 0. The topological polar surface area (TPSA) is 58.2 Å². The molecule has 2 rings (SSSR count). The molecule has 1 fully saturated rings. The summed E-state index contributed by atoms with van der Waals surface area (Å²) in [6.45, 7) is 6.73. The zero-order valence-electron chi connectivity index (χ0n) is 11.6. The van der Waals surface area contributed by atoms with Crippen LogP contribution in [0.15, 0.2) is 30.3 Å². The number of para-hydroxylation sites is 1. The van der Waals surface area contributed by atoms with Crippen molar-refractivity contribution in [3.8, 4) is 0 Å². The molecule has 0 unspecified atom stereocenters. The van der Waals surface area contributed by atoms with Gasteiger partial charge < -0.3 is 10.6 Å². The minimum atomic E-state index is -0.611. The van der Waals surface area contributed by atoms with E-state index in [-0.39, 0.29) is 23.1 Å². The van der Waals surface area contributed by atoms with Gasteiger partial charge in [-0.1, -0.05) is 39.0 Å². The van der Waals surface area contributed by atoms with Crippen LogP contribution in [0.25, 0.3) is 0 Å². The molecule has 1 aromatic rings. The van der Waals surface area contributed by atoms with Crippen LogP contribution in [0.1, 0.15) is 20.8 Å². The molecule has 2 N–H and O–H groups in total. The Balaban J connectivity index is 2.15. The monoisotopic (exact) mass is 260 g/mol. The number of hydrogen-bond donors (Lipinski definition) is 2. The lowest BCUT2D eigenvalue weighted by Crippen LogP contribution is -2.37. The van der Waals surface area contributed by atoms with Crippen molar-refractivity contribution in [3.05, 3.63) is 30.3 Å². The highest BCUT2D eigenvalue weighted by molar-refractivity contribution is 6.07. The third kappa shape index (κ3) is 2.95. The SMILES string of the molecule is CC(C)(C)[C@@H]1CNC(=O)[C@H]1C(=O)Nc1ccccc1. The molecule has 1 aliphatic rings. The van der Waals surface area contributed by atoms with E-state index >= 15 is 0 Å². The normalized spacial score (nSPS) is 23.0. The van der Waals surface area contributed by atoms with Crippen LogP contribution in [0.2, 0.25) is 0 Å². The Labute approximate surface area is 113 Å². The van der Waals surface area contributed by atoms with Crippen LogP contribution in [0.5, 0.6) is 0 Å². The summed E-state index contributed by atoms with van der Waals surface area (Å²) in [5, 5.41) is 5.61. The minimum Gasteiger partial charge on any atom is -0.355 e. The molecular weight excluding hydrogens is 240 g/mol. The molecular formula is C15H20N2O2. The number of carbonyl (C=O) groups excluding carboxylic acids is 2. The van der Waals surface area contributed by atoms with Crippen LogP contribution < -0.4 is 10.6 Å². The second kappa shape index (κ2) is 5.03. The van der Waals surface area contributed by atoms with E-state index in [0.717, 1.165) is 5.69 Å². The first kappa shape index (κ1) is 13.6. The van der Waals surface area contributed by atoms with Gasteiger partial charge in [0.15, 0.2) is 0 Å². The predicted molar refractivity (Wildman–Crippen MR) is 74.5 cm³/mol. The summed E-state index contributed by atoms with van der Waals surface area (Å²) in [4.78, 5) is 24.2. The average Bonchev–Trinajstić information content (AvgIpc) is 2.72. The molecule has 19 heavy (non-hydrogen) atoms. The molecule has 0 spiro atoms. The largest absolute Gasteiger partial charge is 0.355 e. The maximum Gasteiger partial charge on any atom is 0.237 e. The Kier molecular flexibility index (Phi) is 3.60. The Hall–Kier alpha value is -1.84. The number of carbonyl (C=O) groups is 2. The molecule has 1 heterocycles. The molecule has 2 amide bonds. The van der Waals surface area contributed by atoms with Crippen molar-refractivity contribution in [2.45, 2.75) is 20.8 Å². The van der Waals surface area contributed by atoms with Crippen LogP contribution in [-0.2, 0) is 9.59 Å². The highest BCUT2D eigenvalue weighted by Crippen LogP contribution is 2.35. The summed E-state index contributed by atoms with van der Waals surface area (Å²) in [5.41, 5.74) is 0.637. The minimum absolute atomic E-state index is 0.0173. The van der Waals surface area contributed by atoms with E-state index in [0.29, 0.717) is 6.54 Å². The van der Waals surface area contributed by atoms with E-state index in [2.05, 4.69) is 31.4 Å². The summed E-state index contributed by atoms with van der Waals surface area (Å²) in [5.74, 6) is -0.988. The lowest BCUT2D eigenvalue weighted by Gasteiger charge is -2.29. The second-order valence-corrected chi connectivity index (χ2v) is 6.05. The van der Waals surface area contributed by atoms with E-state index in [1.807, 2.05) is 30.3 Å². The van der Waals surface area contributed by atoms with Crippen molar-refractivity contribution in [2.24, 2.45) is 17.3 Å². The standard InChI is InChI=1S/C15H20N2O2/c1-15(2,3)11-9-16-13(18)12(11)14(19)17-10-7-5-4-6-8-10/h4-8,11-12H,9H2,1-3H3,(H,16,18)(H,17,19)/t11-,12+/m1/s1. The van der Waals surface area contributed by atoms with Crippen LogP contribution in [0.4, 0.5) is 5.69 Å². The van der Waals surface area contributed by atoms with Gasteiger partial charge in [0.1, 0.15) is 5.92 Å². The fourth-order valence-corrected chi connectivity index (χ4v) is 2.47. The Bertz CT molecular complexity index is 477. The molecule has 4 nitrogen and oxygen atoms in total. The lowest BCUT2D eigenvalue weighted by molar-refractivity contribution is -0.132. The van der Waals surface area contributed by atoms with Crippen LogP contribution in [0.3, 0.4) is 0 Å². The number of rotatable bonds is 2. The van der Waals surface area contributed by atoms with Crippen molar-refractivity contribution in [2.75, 3.05) is 11.9 Å². The number of anilines is 1. The lowest BCUT2D eigenvalue weighted by atomic mass is 9.74. The van der Waals surface area contributed by atoms with E-state index in [1.54, 1.807) is 0 Å². The maximum absolute atomic E-state index is 12.3. The summed E-state index contributed by atoms with van der Waals surface area (Å²) in [7, 11) is 0. The van der Waals surface area contributed by atoms with Crippen molar-refractivity contribution >= 4 is 17.5 Å². The van der Waals surface area contributed by atoms with Crippen LogP contribution in [-0.4, -0.2) is 18.4 Å². The first-order valence-electron chi connectivity index (χ1n) is 6.53. The Morgan fingerprint density at radius 1 is 1.26 bits per heavy atom. The Morgan fingerprint density at radius 2 is 1.89 bits per heavy atom. The van der Waals surface area contributed by atoms with Gasteiger partial charge in [-0.05, 0) is 17.5 Å². The summed E-state index contributed by atoms with van der Waals surface area (Å²) in [6, 6.07) is 9.22. The second-order valence-electron chi connectivity index (χ2n) is 6.05. The maximum atomic E-state index is 12.3. The number of hydrogen-bond acceptors (Lipinski definition) is 2. The highest BCUT2D eigenvalue weighted by Gasteiger charge is 2.45. The summed E-state index contributed by atoms with van der Waals surface area (Å²) < 4.78 is 0. The first-order chi connectivity index (χ1) is 8.89. The average molecular weight is 260 g/mol. The third-order valence-corrected chi connectivity index (χ3v) is 3.62. The van der Waals surface area contributed by atoms with Gasteiger partial charge in [0.2, 0.25) is 11.8 Å². The fourth-order valence-electron chi connectivity index (χ4n) is 2.47.